The van der Waals surface area contributed by atoms with Crippen LogP contribution in [0.15, 0.2) is 36.5 Å². The van der Waals surface area contributed by atoms with E-state index in [4.69, 9.17) is 9.84 Å². The van der Waals surface area contributed by atoms with E-state index in [-0.39, 0.29) is 11.9 Å². The first-order valence-corrected chi connectivity index (χ1v) is 6.77. The molecule has 1 amide bonds. The molecule has 7 heteroatoms. The molecule has 0 fully saturated rings. The van der Waals surface area contributed by atoms with Crippen LogP contribution in [0.2, 0.25) is 0 Å². The van der Waals surface area contributed by atoms with Crippen LogP contribution < -0.4 is 10.1 Å². The molecule has 0 saturated heterocycles. The van der Waals surface area contributed by atoms with Crippen molar-refractivity contribution in [2.24, 2.45) is 0 Å². The van der Waals surface area contributed by atoms with Crippen molar-refractivity contribution < 1.29 is 19.4 Å². The number of carboxylic acid groups (broad SMARTS) is 1. The minimum atomic E-state index is -1.06. The summed E-state index contributed by atoms with van der Waals surface area (Å²) >= 11 is 0. The van der Waals surface area contributed by atoms with Crippen LogP contribution in [-0.2, 0) is 4.79 Å². The fraction of sp³-hybridized carbons (Fsp3) is 0.267. The minimum Gasteiger partial charge on any atom is -0.482 e. The zero-order chi connectivity index (χ0) is 16.1. The molecular weight excluding hydrogens is 286 g/mol. The lowest BCUT2D eigenvalue weighted by Gasteiger charge is -2.07. The van der Waals surface area contributed by atoms with Crippen molar-refractivity contribution in [2.75, 3.05) is 11.9 Å². The predicted octanol–water partition coefficient (Wildman–Crippen LogP) is 2.18. The lowest BCUT2D eigenvalue weighted by Crippen LogP contribution is -2.14. The number of nitrogens with one attached hydrogen (secondary N) is 1. The molecule has 2 rings (SSSR count). The predicted molar refractivity (Wildman–Crippen MR) is 80.1 cm³/mol. The number of carbonyl (C=O) groups excluding carboxylic acids is 1. The molecule has 7 nitrogen and oxygen atoms in total. The van der Waals surface area contributed by atoms with E-state index in [0.717, 1.165) is 0 Å². The topological polar surface area (TPSA) is 93.5 Å². The standard InChI is InChI=1S/C15H17N3O4/c1-10(2)18-7-6-13(17-18)15(21)16-11-4-3-5-12(8-11)22-9-14(19)20/h3-8,10H,9H2,1-2H3,(H,16,21)(H,19,20). The van der Waals surface area contributed by atoms with E-state index in [2.05, 4.69) is 10.4 Å². The highest BCUT2D eigenvalue weighted by Gasteiger charge is 2.11. The number of hydrogen-bond acceptors (Lipinski definition) is 4. The first-order valence-electron chi connectivity index (χ1n) is 6.77. The third kappa shape index (κ3) is 4.08. The average molecular weight is 303 g/mol. The molecule has 0 spiro atoms. The van der Waals surface area contributed by atoms with Crippen LogP contribution in [-0.4, -0.2) is 33.4 Å². The molecule has 0 bridgehead atoms. The molecule has 2 N–H and O–H groups in total. The summed E-state index contributed by atoms with van der Waals surface area (Å²) in [6.45, 7) is 3.51. The Morgan fingerprint density at radius 1 is 1.36 bits per heavy atom. The number of anilines is 1. The Bertz CT molecular complexity index is 679. The molecule has 0 radical (unpaired) electrons. The Balaban J connectivity index is 2.04. The van der Waals surface area contributed by atoms with E-state index in [1.54, 1.807) is 41.2 Å². The van der Waals surface area contributed by atoms with Gasteiger partial charge >= 0.3 is 5.97 Å². The Morgan fingerprint density at radius 3 is 2.77 bits per heavy atom. The Hall–Kier alpha value is -2.83. The van der Waals surface area contributed by atoms with Crippen LogP contribution in [0.25, 0.3) is 0 Å². The number of benzene rings is 1. The highest BCUT2D eigenvalue weighted by Crippen LogP contribution is 2.18. The minimum absolute atomic E-state index is 0.175. The molecule has 0 aliphatic carbocycles. The number of carboxylic acids is 1. The van der Waals surface area contributed by atoms with Gasteiger partial charge in [0.2, 0.25) is 0 Å². The van der Waals surface area contributed by atoms with Gasteiger partial charge in [0, 0.05) is 24.0 Å². The summed E-state index contributed by atoms with van der Waals surface area (Å²) in [6.07, 6.45) is 1.74. The second kappa shape index (κ2) is 6.75. The first-order chi connectivity index (χ1) is 10.5. The van der Waals surface area contributed by atoms with E-state index in [1.165, 1.54) is 0 Å². The number of hydrogen-bond donors (Lipinski definition) is 2. The Labute approximate surface area is 127 Å². The fourth-order valence-corrected chi connectivity index (χ4v) is 1.75. The number of carbonyl (C=O) groups is 2. The molecular formula is C15H17N3O4. The molecule has 1 heterocycles. The van der Waals surface area contributed by atoms with Gasteiger partial charge in [-0.15, -0.1) is 0 Å². The summed E-state index contributed by atoms with van der Waals surface area (Å²) in [6, 6.07) is 8.34. The summed E-state index contributed by atoms with van der Waals surface area (Å²) in [5.74, 6) is -1.03. The van der Waals surface area contributed by atoms with Crippen LogP contribution in [0.4, 0.5) is 5.69 Å². The Morgan fingerprint density at radius 2 is 2.14 bits per heavy atom. The Kier molecular flexibility index (Phi) is 4.77. The smallest absolute Gasteiger partial charge is 0.341 e. The number of nitrogens with zero attached hydrogens (tertiary/aromatic N) is 2. The number of rotatable bonds is 6. The van der Waals surface area contributed by atoms with Crippen LogP contribution >= 0.6 is 0 Å². The third-order valence-electron chi connectivity index (χ3n) is 2.82. The van der Waals surface area contributed by atoms with Gasteiger partial charge in [0.15, 0.2) is 12.3 Å². The van der Waals surface area contributed by atoms with Crippen LogP contribution in [0, 0.1) is 0 Å². The van der Waals surface area contributed by atoms with Crippen LogP contribution in [0.3, 0.4) is 0 Å². The van der Waals surface area contributed by atoms with Crippen molar-refractivity contribution in [3.8, 4) is 5.75 Å². The maximum atomic E-state index is 12.1. The fourth-order valence-electron chi connectivity index (χ4n) is 1.75. The van der Waals surface area contributed by atoms with Crippen molar-refractivity contribution >= 4 is 17.6 Å². The summed E-state index contributed by atoms with van der Waals surface area (Å²) in [5, 5.41) is 15.5. The SMILES string of the molecule is CC(C)n1ccc(C(=O)Nc2cccc(OCC(=O)O)c2)n1. The molecule has 0 unspecified atom stereocenters. The van der Waals surface area contributed by atoms with E-state index in [1.807, 2.05) is 13.8 Å². The summed E-state index contributed by atoms with van der Waals surface area (Å²) < 4.78 is 6.76. The van der Waals surface area contributed by atoms with Crippen molar-refractivity contribution in [3.63, 3.8) is 0 Å². The molecule has 1 aromatic heterocycles. The van der Waals surface area contributed by atoms with E-state index in [0.29, 0.717) is 17.1 Å². The quantitative estimate of drug-likeness (QED) is 0.853. The zero-order valence-electron chi connectivity index (χ0n) is 12.3. The van der Waals surface area contributed by atoms with Gasteiger partial charge in [-0.25, -0.2) is 4.79 Å². The third-order valence-corrected chi connectivity index (χ3v) is 2.82. The van der Waals surface area contributed by atoms with Gasteiger partial charge in [-0.05, 0) is 32.0 Å². The van der Waals surface area contributed by atoms with Crippen LogP contribution in [0.5, 0.6) is 5.75 Å². The number of ether oxygens (including phenoxy) is 1. The van der Waals surface area contributed by atoms with Crippen molar-refractivity contribution in [1.82, 2.24) is 9.78 Å². The van der Waals surface area contributed by atoms with Gasteiger partial charge in [-0.1, -0.05) is 6.07 Å². The normalized spacial score (nSPS) is 10.5. The maximum Gasteiger partial charge on any atom is 0.341 e. The monoisotopic (exact) mass is 303 g/mol. The summed E-state index contributed by atoms with van der Waals surface area (Å²) in [4.78, 5) is 22.6. The van der Waals surface area contributed by atoms with Gasteiger partial charge < -0.3 is 15.2 Å². The second-order valence-corrected chi connectivity index (χ2v) is 4.94. The molecule has 2 aromatic rings. The molecule has 22 heavy (non-hydrogen) atoms. The molecule has 116 valence electrons. The summed E-state index contributed by atoms with van der Waals surface area (Å²) in [5.41, 5.74) is 0.817. The molecule has 0 aliphatic heterocycles. The molecule has 0 atom stereocenters. The van der Waals surface area contributed by atoms with Crippen molar-refractivity contribution in [1.29, 1.82) is 0 Å². The largest absolute Gasteiger partial charge is 0.482 e. The first kappa shape index (κ1) is 15.6. The van der Waals surface area contributed by atoms with Gasteiger partial charge in [0.1, 0.15) is 5.75 Å². The number of aliphatic carboxylic acids is 1. The number of aromatic nitrogens is 2. The van der Waals surface area contributed by atoms with Gasteiger partial charge in [0.25, 0.3) is 5.91 Å². The maximum absolute atomic E-state index is 12.1. The lowest BCUT2D eigenvalue weighted by molar-refractivity contribution is -0.139. The van der Waals surface area contributed by atoms with Crippen LogP contribution in [0.1, 0.15) is 30.4 Å². The van der Waals surface area contributed by atoms with E-state index >= 15 is 0 Å². The van der Waals surface area contributed by atoms with Crippen molar-refractivity contribution in [2.45, 2.75) is 19.9 Å². The highest BCUT2D eigenvalue weighted by atomic mass is 16.5. The van der Waals surface area contributed by atoms with Gasteiger partial charge in [-0.3, -0.25) is 9.48 Å². The van der Waals surface area contributed by atoms with Gasteiger partial charge in [-0.2, -0.15) is 5.10 Å². The van der Waals surface area contributed by atoms with E-state index < -0.39 is 12.6 Å². The lowest BCUT2D eigenvalue weighted by atomic mass is 10.3. The molecule has 0 aliphatic rings. The van der Waals surface area contributed by atoms with E-state index in [9.17, 15) is 9.59 Å². The van der Waals surface area contributed by atoms with Gasteiger partial charge in [0.05, 0.1) is 0 Å². The highest BCUT2D eigenvalue weighted by molar-refractivity contribution is 6.02. The second-order valence-electron chi connectivity index (χ2n) is 4.94. The molecule has 0 saturated carbocycles. The summed E-state index contributed by atoms with van der Waals surface area (Å²) in [7, 11) is 0. The molecule has 1 aromatic carbocycles. The number of amides is 1. The average Bonchev–Trinajstić information content (AvgIpc) is 2.95. The zero-order valence-corrected chi connectivity index (χ0v) is 12.3. The van der Waals surface area contributed by atoms with Crippen molar-refractivity contribution in [3.05, 3.63) is 42.2 Å².